The second kappa shape index (κ2) is 6.71. The molecule has 0 bridgehead atoms. The lowest BCUT2D eigenvalue weighted by Crippen LogP contribution is -2.32. The highest BCUT2D eigenvalue weighted by atomic mass is 33.1. The van der Waals surface area contributed by atoms with E-state index in [4.69, 9.17) is 0 Å². The molecule has 2 aliphatic heterocycles. The van der Waals surface area contributed by atoms with Crippen LogP contribution in [0.1, 0.15) is 15.9 Å². The molecule has 2 heterocycles. The summed E-state index contributed by atoms with van der Waals surface area (Å²) in [5, 5.41) is 3.94. The molecule has 8 heteroatoms. The number of hydrogen-bond donors (Lipinski definition) is 1. The van der Waals surface area contributed by atoms with E-state index in [2.05, 4.69) is 5.32 Å². The summed E-state index contributed by atoms with van der Waals surface area (Å²) < 4.78 is 24.9. The molecular formula is C19H14N2O4S2. The van der Waals surface area contributed by atoms with E-state index in [0.29, 0.717) is 22.1 Å². The lowest BCUT2D eigenvalue weighted by Gasteiger charge is -2.18. The Kier molecular flexibility index (Phi) is 4.37. The molecule has 0 spiro atoms. The van der Waals surface area contributed by atoms with E-state index in [1.54, 1.807) is 30.3 Å². The molecule has 0 aromatic heterocycles. The minimum Gasteiger partial charge on any atom is -0.316 e. The predicted molar refractivity (Wildman–Crippen MR) is 103 cm³/mol. The monoisotopic (exact) mass is 398 g/mol. The van der Waals surface area contributed by atoms with E-state index in [1.165, 1.54) is 10.3 Å². The van der Waals surface area contributed by atoms with Crippen molar-refractivity contribution in [3.63, 3.8) is 0 Å². The molecule has 0 unspecified atom stereocenters. The summed E-state index contributed by atoms with van der Waals surface area (Å²) in [5.41, 5.74) is 1.30. The second-order valence-corrected chi connectivity index (χ2v) is 9.59. The minimum absolute atomic E-state index is 0.127. The van der Waals surface area contributed by atoms with E-state index in [1.807, 2.05) is 30.3 Å². The minimum atomic E-state index is -3.73. The van der Waals surface area contributed by atoms with Gasteiger partial charge < -0.3 is 10.2 Å². The summed E-state index contributed by atoms with van der Waals surface area (Å²) in [6, 6.07) is 17.6. The molecule has 6 nitrogen and oxygen atoms in total. The third-order valence-corrected chi connectivity index (χ3v) is 7.24. The fourth-order valence-corrected chi connectivity index (χ4v) is 5.82. The van der Waals surface area contributed by atoms with Crippen molar-refractivity contribution in [3.05, 3.63) is 93.5 Å². The van der Waals surface area contributed by atoms with E-state index >= 15 is 0 Å². The molecule has 0 fully saturated rings. The maximum atomic E-state index is 12.9. The Morgan fingerprint density at radius 2 is 1.63 bits per heavy atom. The van der Waals surface area contributed by atoms with Gasteiger partial charge in [-0.15, -0.1) is 0 Å². The molecule has 1 N–H and O–H groups in total. The Morgan fingerprint density at radius 3 is 2.30 bits per heavy atom. The largest absolute Gasteiger partial charge is 0.316 e. The van der Waals surface area contributed by atoms with Crippen molar-refractivity contribution < 1.29 is 18.0 Å². The van der Waals surface area contributed by atoms with Crippen LogP contribution in [0.3, 0.4) is 0 Å². The highest BCUT2D eigenvalue weighted by Gasteiger charge is 2.45. The molecule has 2 amide bonds. The number of amides is 2. The molecule has 4 rings (SSSR count). The number of carbonyl (C=O) groups excluding carboxylic acids is 2. The summed E-state index contributed by atoms with van der Waals surface area (Å²) in [7, 11) is -3.09. The van der Waals surface area contributed by atoms with Crippen LogP contribution in [0.4, 0.5) is 0 Å². The third-order valence-electron chi connectivity index (χ3n) is 4.20. The van der Waals surface area contributed by atoms with Gasteiger partial charge in [-0.05, 0) is 17.7 Å². The van der Waals surface area contributed by atoms with Gasteiger partial charge in [0.1, 0.15) is 10.6 Å². The van der Waals surface area contributed by atoms with Crippen LogP contribution in [0.15, 0.2) is 82.4 Å². The van der Waals surface area contributed by atoms with Crippen LogP contribution in [0.5, 0.6) is 0 Å². The van der Waals surface area contributed by atoms with Crippen LogP contribution in [-0.2, 0) is 20.2 Å². The molecule has 136 valence electrons. The lowest BCUT2D eigenvalue weighted by atomic mass is 10.2. The van der Waals surface area contributed by atoms with E-state index in [0.717, 1.165) is 5.56 Å². The number of fused-ring (bicyclic) bond motifs is 1. The van der Waals surface area contributed by atoms with Gasteiger partial charge in [-0.25, -0.2) is 8.42 Å². The molecule has 0 saturated heterocycles. The quantitative estimate of drug-likeness (QED) is 0.801. The van der Waals surface area contributed by atoms with Gasteiger partial charge in [0.15, 0.2) is 0 Å². The van der Waals surface area contributed by atoms with E-state index in [-0.39, 0.29) is 17.1 Å². The number of rotatable bonds is 4. The van der Waals surface area contributed by atoms with E-state index < -0.39 is 20.7 Å². The first kappa shape index (κ1) is 17.6. The maximum Gasteiger partial charge on any atom is 0.276 e. The molecule has 0 aliphatic carbocycles. The van der Waals surface area contributed by atoms with Gasteiger partial charge in [0.2, 0.25) is 8.87 Å². The first-order valence-electron chi connectivity index (χ1n) is 8.08. The van der Waals surface area contributed by atoms with Crippen molar-refractivity contribution in [3.8, 4) is 0 Å². The summed E-state index contributed by atoms with van der Waals surface area (Å²) in [5.74, 6) is -1.06. The number of nitrogens with zero attached hydrogens (tertiary/aromatic N) is 1. The lowest BCUT2D eigenvalue weighted by molar-refractivity contribution is -0.125. The maximum absolute atomic E-state index is 12.9. The van der Waals surface area contributed by atoms with Crippen LogP contribution in [0, 0.1) is 0 Å². The van der Waals surface area contributed by atoms with Gasteiger partial charge in [-0.2, -0.15) is 0 Å². The molecule has 2 aromatic carbocycles. The summed E-state index contributed by atoms with van der Waals surface area (Å²) in [6.07, 6.45) is 0. The normalized spacial score (nSPS) is 17.7. The number of nitrogens with one attached hydrogen (secondary N) is 1. The van der Waals surface area contributed by atoms with Crippen molar-refractivity contribution in [1.29, 1.82) is 0 Å². The summed E-state index contributed by atoms with van der Waals surface area (Å²) >= 11 is 0. The Hall–Kier alpha value is -2.84. The Bertz CT molecular complexity index is 1090. The van der Waals surface area contributed by atoms with Crippen molar-refractivity contribution in [2.24, 2.45) is 0 Å². The van der Waals surface area contributed by atoms with Crippen LogP contribution in [0.25, 0.3) is 0 Å². The molecule has 0 atom stereocenters. The van der Waals surface area contributed by atoms with Crippen molar-refractivity contribution in [1.82, 2.24) is 10.2 Å². The van der Waals surface area contributed by atoms with Gasteiger partial charge in [0.05, 0.1) is 12.2 Å². The van der Waals surface area contributed by atoms with Gasteiger partial charge in [0, 0.05) is 21.8 Å². The number of hydrogen-bond acceptors (Lipinski definition) is 5. The zero-order valence-corrected chi connectivity index (χ0v) is 15.6. The van der Waals surface area contributed by atoms with Crippen molar-refractivity contribution in [2.75, 3.05) is 0 Å². The fourth-order valence-electron chi connectivity index (χ4n) is 2.93. The molecule has 0 saturated carbocycles. The average molecular weight is 398 g/mol. The molecule has 2 aromatic rings. The summed E-state index contributed by atoms with van der Waals surface area (Å²) in [4.78, 5) is 26.6. The average Bonchev–Trinajstić information content (AvgIpc) is 3.13. The second-order valence-electron chi connectivity index (χ2n) is 5.95. The Balaban J connectivity index is 1.69. The zero-order valence-electron chi connectivity index (χ0n) is 14.0. The smallest absolute Gasteiger partial charge is 0.276 e. The third kappa shape index (κ3) is 3.17. The van der Waals surface area contributed by atoms with Crippen molar-refractivity contribution in [2.45, 2.75) is 6.54 Å². The molecular weight excluding hydrogens is 384 g/mol. The Labute approximate surface area is 159 Å². The highest BCUT2D eigenvalue weighted by molar-refractivity contribution is 8.75. The zero-order chi connectivity index (χ0) is 19.0. The molecule has 0 radical (unpaired) electrons. The van der Waals surface area contributed by atoms with Crippen LogP contribution in [-0.4, -0.2) is 25.1 Å². The SMILES string of the molecule is O=C(NC1=C2C(=CSS2(=O)=O)N(Cc2ccccc2)C1=O)c1ccccc1. The fraction of sp³-hybridized carbons (Fsp3) is 0.0526. The van der Waals surface area contributed by atoms with Gasteiger partial charge in [-0.3, -0.25) is 9.59 Å². The van der Waals surface area contributed by atoms with Crippen LogP contribution >= 0.6 is 10.8 Å². The van der Waals surface area contributed by atoms with Crippen molar-refractivity contribution >= 4 is 31.5 Å². The van der Waals surface area contributed by atoms with Crippen LogP contribution < -0.4 is 5.32 Å². The number of carbonyl (C=O) groups is 2. The van der Waals surface area contributed by atoms with Gasteiger partial charge in [-0.1, -0.05) is 48.5 Å². The number of benzene rings is 2. The summed E-state index contributed by atoms with van der Waals surface area (Å²) in [6.45, 7) is 0.218. The standard InChI is InChI=1S/C19H14N2O4S2/c22-18(14-9-5-2-6-10-14)20-16-17-15(12-26-27(17,24)25)21(19(16)23)11-13-7-3-1-4-8-13/h1-10,12H,11H2,(H,20,22). The van der Waals surface area contributed by atoms with Gasteiger partial charge in [0.25, 0.3) is 11.8 Å². The first-order chi connectivity index (χ1) is 13.0. The first-order valence-corrected chi connectivity index (χ1v) is 11.0. The molecule has 27 heavy (non-hydrogen) atoms. The molecule has 2 aliphatic rings. The van der Waals surface area contributed by atoms with Gasteiger partial charge >= 0.3 is 0 Å². The van der Waals surface area contributed by atoms with Crippen LogP contribution in [0.2, 0.25) is 0 Å². The highest BCUT2D eigenvalue weighted by Crippen LogP contribution is 2.45. The van der Waals surface area contributed by atoms with E-state index in [9.17, 15) is 18.0 Å². The predicted octanol–water partition coefficient (Wildman–Crippen LogP) is 2.59. The Morgan fingerprint density at radius 1 is 1.00 bits per heavy atom. The topological polar surface area (TPSA) is 83.6 Å².